The first kappa shape index (κ1) is 11.5. The van der Waals surface area contributed by atoms with E-state index in [9.17, 15) is 0 Å². The maximum Gasteiger partial charge on any atom is 0.229 e. The van der Waals surface area contributed by atoms with E-state index in [0.717, 1.165) is 5.39 Å². The highest BCUT2D eigenvalue weighted by molar-refractivity contribution is 5.91. The molecule has 96 valence electrons. The van der Waals surface area contributed by atoms with Gasteiger partial charge in [-0.25, -0.2) is 9.97 Å². The molecule has 0 fully saturated rings. The van der Waals surface area contributed by atoms with E-state index in [1.54, 1.807) is 7.11 Å². The van der Waals surface area contributed by atoms with Gasteiger partial charge in [-0.3, -0.25) is 5.10 Å². The molecule has 0 bridgehead atoms. The van der Waals surface area contributed by atoms with Crippen molar-refractivity contribution in [2.45, 2.75) is 6.54 Å². The molecule has 6 heteroatoms. The molecule has 0 saturated carbocycles. The van der Waals surface area contributed by atoms with Crippen molar-refractivity contribution in [2.75, 3.05) is 12.4 Å². The number of hydrogen-bond donors (Lipinski definition) is 2. The molecule has 0 unspecified atom stereocenters. The van der Waals surface area contributed by atoms with Crippen LogP contribution in [0.15, 0.2) is 36.7 Å². The summed E-state index contributed by atoms with van der Waals surface area (Å²) in [4.78, 5) is 8.20. The topological polar surface area (TPSA) is 75.7 Å². The summed E-state index contributed by atoms with van der Waals surface area (Å²) in [6.45, 7) is 0.679. The Morgan fingerprint density at radius 3 is 2.84 bits per heavy atom. The summed E-state index contributed by atoms with van der Waals surface area (Å²) >= 11 is 0. The number of ether oxygens (including phenoxy) is 1. The third-order valence-corrected chi connectivity index (χ3v) is 2.82. The van der Waals surface area contributed by atoms with Gasteiger partial charge >= 0.3 is 0 Å². The monoisotopic (exact) mass is 255 g/mol. The van der Waals surface area contributed by atoms with Crippen molar-refractivity contribution in [1.29, 1.82) is 0 Å². The first-order chi connectivity index (χ1) is 9.38. The van der Waals surface area contributed by atoms with Crippen LogP contribution in [0.25, 0.3) is 11.0 Å². The highest BCUT2D eigenvalue weighted by Gasteiger charge is 2.12. The Kier molecular flexibility index (Phi) is 2.97. The second-order valence-corrected chi connectivity index (χ2v) is 4.02. The number of fused-ring (bicyclic) bond motifs is 1. The van der Waals surface area contributed by atoms with E-state index in [0.29, 0.717) is 23.9 Å². The van der Waals surface area contributed by atoms with Crippen LogP contribution in [0.1, 0.15) is 5.56 Å². The molecule has 2 aromatic heterocycles. The van der Waals surface area contributed by atoms with Crippen molar-refractivity contribution >= 4 is 16.9 Å². The molecular weight excluding hydrogens is 242 g/mol. The van der Waals surface area contributed by atoms with Gasteiger partial charge in [-0.1, -0.05) is 30.3 Å². The smallest absolute Gasteiger partial charge is 0.229 e. The zero-order valence-electron chi connectivity index (χ0n) is 10.4. The van der Waals surface area contributed by atoms with E-state index < -0.39 is 0 Å². The zero-order valence-corrected chi connectivity index (χ0v) is 10.4. The average molecular weight is 255 g/mol. The number of methoxy groups -OCH3 is 1. The van der Waals surface area contributed by atoms with Gasteiger partial charge in [-0.05, 0) is 5.56 Å². The lowest BCUT2D eigenvalue weighted by molar-refractivity contribution is 0.402. The minimum absolute atomic E-state index is 0.509. The third kappa shape index (κ3) is 2.20. The number of nitrogens with zero attached hydrogens (tertiary/aromatic N) is 3. The highest BCUT2D eigenvalue weighted by atomic mass is 16.5. The van der Waals surface area contributed by atoms with Crippen LogP contribution >= 0.6 is 0 Å². The maximum atomic E-state index is 5.23. The number of rotatable bonds is 4. The van der Waals surface area contributed by atoms with Crippen molar-refractivity contribution < 1.29 is 4.74 Å². The quantitative estimate of drug-likeness (QED) is 0.745. The molecule has 0 aliphatic heterocycles. The van der Waals surface area contributed by atoms with E-state index in [1.807, 2.05) is 18.2 Å². The summed E-state index contributed by atoms with van der Waals surface area (Å²) < 4.78 is 5.23. The molecule has 1 aromatic carbocycles. The number of anilines is 1. The Labute approximate surface area is 109 Å². The van der Waals surface area contributed by atoms with Crippen LogP contribution in [-0.4, -0.2) is 27.3 Å². The molecule has 0 radical (unpaired) electrons. The van der Waals surface area contributed by atoms with E-state index in [-0.39, 0.29) is 0 Å². The molecule has 3 aromatic rings. The summed E-state index contributed by atoms with van der Waals surface area (Å²) in [7, 11) is 1.58. The van der Waals surface area contributed by atoms with Crippen LogP contribution in [0.5, 0.6) is 5.88 Å². The Bertz CT molecular complexity index is 680. The van der Waals surface area contributed by atoms with Gasteiger partial charge in [-0.2, -0.15) is 5.10 Å². The summed E-state index contributed by atoms with van der Waals surface area (Å²) in [5, 5.41) is 11.1. The maximum absolute atomic E-state index is 5.23. The van der Waals surface area contributed by atoms with Crippen molar-refractivity contribution in [3.05, 3.63) is 42.2 Å². The van der Waals surface area contributed by atoms with Crippen LogP contribution in [0.3, 0.4) is 0 Å². The van der Waals surface area contributed by atoms with Gasteiger partial charge in [0.25, 0.3) is 0 Å². The molecule has 0 atom stereocenters. The van der Waals surface area contributed by atoms with Gasteiger partial charge < -0.3 is 10.1 Å². The fourth-order valence-corrected chi connectivity index (χ4v) is 1.90. The van der Waals surface area contributed by atoms with Crippen LogP contribution in [0.4, 0.5) is 5.82 Å². The first-order valence-electron chi connectivity index (χ1n) is 5.89. The minimum Gasteiger partial charge on any atom is -0.480 e. The summed E-state index contributed by atoms with van der Waals surface area (Å²) in [6, 6.07) is 10.1. The lowest BCUT2D eigenvalue weighted by Gasteiger charge is -2.05. The molecule has 0 saturated heterocycles. The second kappa shape index (κ2) is 4.93. The predicted octanol–water partition coefficient (Wildman–Crippen LogP) is 1.97. The molecular formula is C13H13N5O. The van der Waals surface area contributed by atoms with Crippen molar-refractivity contribution in [3.63, 3.8) is 0 Å². The van der Waals surface area contributed by atoms with Crippen LogP contribution < -0.4 is 10.1 Å². The van der Waals surface area contributed by atoms with Gasteiger partial charge in [0.1, 0.15) is 11.7 Å². The largest absolute Gasteiger partial charge is 0.480 e. The first-order valence-corrected chi connectivity index (χ1v) is 5.89. The predicted molar refractivity (Wildman–Crippen MR) is 72.0 cm³/mol. The van der Waals surface area contributed by atoms with Crippen molar-refractivity contribution in [3.8, 4) is 5.88 Å². The van der Waals surface area contributed by atoms with Gasteiger partial charge in [0, 0.05) is 6.54 Å². The zero-order chi connectivity index (χ0) is 13.1. The Balaban J connectivity index is 1.89. The van der Waals surface area contributed by atoms with E-state index in [2.05, 4.69) is 37.6 Å². The molecule has 19 heavy (non-hydrogen) atoms. The number of H-pyrrole nitrogens is 1. The van der Waals surface area contributed by atoms with Gasteiger partial charge in [0.05, 0.1) is 7.11 Å². The molecule has 2 N–H and O–H groups in total. The number of aromatic nitrogens is 4. The normalized spacial score (nSPS) is 10.6. The molecule has 3 rings (SSSR count). The van der Waals surface area contributed by atoms with Gasteiger partial charge in [0.15, 0.2) is 11.5 Å². The Morgan fingerprint density at radius 2 is 2.05 bits per heavy atom. The minimum atomic E-state index is 0.509. The summed E-state index contributed by atoms with van der Waals surface area (Å²) in [5.74, 6) is 1.20. The molecule has 0 amide bonds. The number of hydrogen-bond acceptors (Lipinski definition) is 5. The lowest BCUT2D eigenvalue weighted by atomic mass is 10.2. The number of benzene rings is 1. The van der Waals surface area contributed by atoms with E-state index in [1.165, 1.54) is 11.9 Å². The van der Waals surface area contributed by atoms with Crippen LogP contribution in [0.2, 0.25) is 0 Å². The Morgan fingerprint density at radius 1 is 1.21 bits per heavy atom. The van der Waals surface area contributed by atoms with Gasteiger partial charge in [-0.15, -0.1) is 0 Å². The lowest BCUT2D eigenvalue weighted by Crippen LogP contribution is -2.00. The average Bonchev–Trinajstić information content (AvgIpc) is 2.89. The molecule has 0 aliphatic rings. The molecule has 0 spiro atoms. The van der Waals surface area contributed by atoms with Crippen LogP contribution in [-0.2, 0) is 6.54 Å². The SMILES string of the molecule is COc1ncnc2[nH]nc(NCc3ccccc3)c12. The Hall–Kier alpha value is -2.63. The third-order valence-electron chi connectivity index (χ3n) is 2.82. The van der Waals surface area contributed by atoms with Crippen molar-refractivity contribution in [1.82, 2.24) is 20.2 Å². The molecule has 0 aliphatic carbocycles. The molecule has 2 heterocycles. The summed E-state index contributed by atoms with van der Waals surface area (Å²) in [5.41, 5.74) is 1.83. The fraction of sp³-hybridized carbons (Fsp3) is 0.154. The highest BCUT2D eigenvalue weighted by Crippen LogP contribution is 2.26. The second-order valence-electron chi connectivity index (χ2n) is 4.02. The summed E-state index contributed by atoms with van der Waals surface area (Å²) in [6.07, 6.45) is 1.44. The van der Waals surface area contributed by atoms with Crippen LogP contribution in [0, 0.1) is 0 Å². The number of aromatic amines is 1. The standard InChI is InChI=1S/C13H13N5O/c1-19-13-10-11(17-18-12(10)15-8-16-13)14-7-9-5-3-2-4-6-9/h2-6,8H,7H2,1H3,(H2,14,15,16,17,18). The van der Waals surface area contributed by atoms with Gasteiger partial charge in [0.2, 0.25) is 5.88 Å². The fourth-order valence-electron chi connectivity index (χ4n) is 1.90. The van der Waals surface area contributed by atoms with Crippen molar-refractivity contribution in [2.24, 2.45) is 0 Å². The molecule has 6 nitrogen and oxygen atoms in total. The van der Waals surface area contributed by atoms with E-state index >= 15 is 0 Å². The number of nitrogens with one attached hydrogen (secondary N) is 2. The van der Waals surface area contributed by atoms with E-state index in [4.69, 9.17) is 4.74 Å².